The highest BCUT2D eigenvalue weighted by molar-refractivity contribution is 5.96. The summed E-state index contributed by atoms with van der Waals surface area (Å²) in [7, 11) is 0. The molecule has 2 N–H and O–H groups in total. The van der Waals surface area contributed by atoms with Gasteiger partial charge in [-0.05, 0) is 61.8 Å². The molecule has 0 spiro atoms. The lowest BCUT2D eigenvalue weighted by Gasteiger charge is -2.26. The fraction of sp³-hybridized carbons (Fsp3) is 0.250. The highest BCUT2D eigenvalue weighted by atomic mass is 19.1. The van der Waals surface area contributed by atoms with Crippen molar-refractivity contribution in [2.45, 2.75) is 25.8 Å². The van der Waals surface area contributed by atoms with Gasteiger partial charge in [0.2, 0.25) is 0 Å². The van der Waals surface area contributed by atoms with Crippen LogP contribution >= 0.6 is 0 Å². The molecule has 4 aromatic heterocycles. The van der Waals surface area contributed by atoms with Crippen LogP contribution in [-0.4, -0.2) is 48.1 Å². The summed E-state index contributed by atoms with van der Waals surface area (Å²) < 4.78 is 15.8. The third-order valence-electron chi connectivity index (χ3n) is 6.11. The van der Waals surface area contributed by atoms with Gasteiger partial charge in [-0.1, -0.05) is 6.42 Å². The van der Waals surface area contributed by atoms with Crippen LogP contribution in [0.25, 0.3) is 44.7 Å². The van der Waals surface area contributed by atoms with E-state index in [0.717, 1.165) is 30.8 Å². The Hall–Kier alpha value is -3.65. The molecule has 160 valence electrons. The second-order valence-electron chi connectivity index (χ2n) is 8.30. The standard InChI is InChI=1S/C24H22FN7/c25-21-17(16-11-15(12-26-13-16)14-32-9-2-1-3-10-32)6-7-18-20(21)22(31-30-18)24-28-19-5-4-8-27-23(19)29-24/h4-8,11-13H,1-3,9-10,14H2,(H,30,31)(H,27,28,29). The molecular formula is C24H22FN7. The lowest BCUT2D eigenvalue weighted by atomic mass is 10.0. The van der Waals surface area contributed by atoms with E-state index in [4.69, 9.17) is 0 Å². The number of likely N-dealkylation sites (tertiary alicyclic amines) is 1. The minimum absolute atomic E-state index is 0.336. The minimum Gasteiger partial charge on any atom is -0.321 e. The van der Waals surface area contributed by atoms with E-state index >= 15 is 4.39 Å². The number of aromatic amines is 2. The van der Waals surface area contributed by atoms with Crippen LogP contribution in [0.3, 0.4) is 0 Å². The number of fused-ring (bicyclic) bond motifs is 2. The molecule has 6 rings (SSSR count). The van der Waals surface area contributed by atoms with Gasteiger partial charge in [0.15, 0.2) is 11.5 Å². The van der Waals surface area contributed by atoms with Crippen molar-refractivity contribution in [3.63, 3.8) is 0 Å². The van der Waals surface area contributed by atoms with E-state index in [2.05, 4.69) is 35.0 Å². The summed E-state index contributed by atoms with van der Waals surface area (Å²) in [6.07, 6.45) is 9.05. The van der Waals surface area contributed by atoms with E-state index in [0.29, 0.717) is 39.1 Å². The van der Waals surface area contributed by atoms with Gasteiger partial charge in [0, 0.05) is 36.3 Å². The zero-order valence-corrected chi connectivity index (χ0v) is 17.5. The number of pyridine rings is 2. The molecule has 1 aliphatic rings. The lowest BCUT2D eigenvalue weighted by Crippen LogP contribution is -2.29. The lowest BCUT2D eigenvalue weighted by molar-refractivity contribution is 0.220. The molecule has 0 saturated carbocycles. The predicted octanol–water partition coefficient (Wildman–Crippen LogP) is 4.69. The molecule has 1 saturated heterocycles. The van der Waals surface area contributed by atoms with Crippen LogP contribution in [0, 0.1) is 5.82 Å². The van der Waals surface area contributed by atoms with Crippen molar-refractivity contribution in [3.05, 3.63) is 60.3 Å². The van der Waals surface area contributed by atoms with Crippen molar-refractivity contribution < 1.29 is 4.39 Å². The fourth-order valence-electron chi connectivity index (χ4n) is 4.52. The molecule has 0 bridgehead atoms. The Morgan fingerprint density at radius 2 is 1.97 bits per heavy atom. The Kier molecular flexibility index (Phi) is 4.65. The monoisotopic (exact) mass is 427 g/mol. The molecule has 5 heterocycles. The Labute approximate surface area is 183 Å². The number of hydrogen-bond acceptors (Lipinski definition) is 5. The number of imidazole rings is 1. The van der Waals surface area contributed by atoms with E-state index < -0.39 is 0 Å². The smallest absolute Gasteiger partial charge is 0.161 e. The maximum Gasteiger partial charge on any atom is 0.161 e. The molecular weight excluding hydrogens is 405 g/mol. The largest absolute Gasteiger partial charge is 0.321 e. The van der Waals surface area contributed by atoms with Crippen molar-refractivity contribution >= 4 is 22.1 Å². The van der Waals surface area contributed by atoms with Crippen LogP contribution in [0.15, 0.2) is 48.9 Å². The van der Waals surface area contributed by atoms with Gasteiger partial charge in [-0.25, -0.2) is 14.4 Å². The molecule has 0 atom stereocenters. The highest BCUT2D eigenvalue weighted by Gasteiger charge is 2.20. The predicted molar refractivity (Wildman–Crippen MR) is 121 cm³/mol. The summed E-state index contributed by atoms with van der Waals surface area (Å²) in [6.45, 7) is 3.05. The summed E-state index contributed by atoms with van der Waals surface area (Å²) in [5, 5.41) is 7.67. The average molecular weight is 427 g/mol. The SMILES string of the molecule is Fc1c(-c2cncc(CN3CCCCC3)c2)ccc2[nH]nc(-c3nc4cccnc4[nH]3)c12. The zero-order chi connectivity index (χ0) is 21.5. The number of nitrogens with zero attached hydrogens (tertiary/aromatic N) is 5. The number of H-pyrrole nitrogens is 2. The van der Waals surface area contributed by atoms with E-state index in [9.17, 15) is 0 Å². The van der Waals surface area contributed by atoms with Gasteiger partial charge in [-0.15, -0.1) is 0 Å². The third-order valence-corrected chi connectivity index (χ3v) is 6.11. The van der Waals surface area contributed by atoms with Crippen molar-refractivity contribution in [2.75, 3.05) is 13.1 Å². The molecule has 1 aromatic carbocycles. The van der Waals surface area contributed by atoms with Crippen LogP contribution in [0.2, 0.25) is 0 Å². The van der Waals surface area contributed by atoms with Gasteiger partial charge in [0.25, 0.3) is 0 Å². The van der Waals surface area contributed by atoms with E-state index in [1.807, 2.05) is 30.5 Å². The fourth-order valence-corrected chi connectivity index (χ4v) is 4.52. The molecule has 5 aromatic rings. The first-order valence-electron chi connectivity index (χ1n) is 10.9. The normalized spacial score (nSPS) is 15.0. The molecule has 0 aliphatic carbocycles. The topological polar surface area (TPSA) is 86.4 Å². The van der Waals surface area contributed by atoms with E-state index in [1.165, 1.54) is 19.3 Å². The second-order valence-corrected chi connectivity index (χ2v) is 8.30. The number of benzene rings is 1. The maximum atomic E-state index is 15.8. The molecule has 7 nitrogen and oxygen atoms in total. The first-order chi connectivity index (χ1) is 15.8. The van der Waals surface area contributed by atoms with Gasteiger partial charge >= 0.3 is 0 Å². The number of halogens is 1. The molecule has 0 amide bonds. The number of rotatable bonds is 4. The minimum atomic E-state index is -0.336. The van der Waals surface area contributed by atoms with E-state index in [1.54, 1.807) is 18.5 Å². The van der Waals surface area contributed by atoms with Crippen molar-refractivity contribution in [1.82, 2.24) is 35.0 Å². The molecule has 1 aliphatic heterocycles. The highest BCUT2D eigenvalue weighted by Crippen LogP contribution is 2.33. The zero-order valence-electron chi connectivity index (χ0n) is 17.5. The molecule has 0 radical (unpaired) electrons. The molecule has 0 unspecified atom stereocenters. The second kappa shape index (κ2) is 7.80. The Balaban J connectivity index is 1.41. The molecule has 1 fully saturated rings. The van der Waals surface area contributed by atoms with Gasteiger partial charge in [-0.3, -0.25) is 15.0 Å². The number of piperidine rings is 1. The van der Waals surface area contributed by atoms with Gasteiger partial charge in [0.05, 0.1) is 10.9 Å². The van der Waals surface area contributed by atoms with Crippen LogP contribution in [0.5, 0.6) is 0 Å². The number of nitrogens with one attached hydrogen (secondary N) is 2. The Morgan fingerprint density at radius 3 is 2.84 bits per heavy atom. The summed E-state index contributed by atoms with van der Waals surface area (Å²) in [4.78, 5) is 18.8. The first kappa shape index (κ1) is 19.1. The third kappa shape index (κ3) is 3.33. The summed E-state index contributed by atoms with van der Waals surface area (Å²) in [5.74, 6) is 0.148. The van der Waals surface area contributed by atoms with E-state index in [-0.39, 0.29) is 5.82 Å². The quantitative estimate of drug-likeness (QED) is 0.435. The summed E-state index contributed by atoms with van der Waals surface area (Å²) in [6, 6.07) is 9.34. The molecule has 32 heavy (non-hydrogen) atoms. The maximum absolute atomic E-state index is 15.8. The van der Waals surface area contributed by atoms with Crippen LogP contribution in [0.1, 0.15) is 24.8 Å². The Bertz CT molecular complexity index is 1380. The number of hydrogen-bond donors (Lipinski definition) is 2. The van der Waals surface area contributed by atoms with Crippen LogP contribution < -0.4 is 0 Å². The van der Waals surface area contributed by atoms with Crippen molar-refractivity contribution in [2.24, 2.45) is 0 Å². The van der Waals surface area contributed by atoms with Crippen molar-refractivity contribution in [1.29, 1.82) is 0 Å². The van der Waals surface area contributed by atoms with Gasteiger partial charge in [0.1, 0.15) is 17.0 Å². The average Bonchev–Trinajstić information content (AvgIpc) is 3.45. The van der Waals surface area contributed by atoms with Gasteiger partial charge < -0.3 is 4.98 Å². The van der Waals surface area contributed by atoms with Crippen LogP contribution in [0.4, 0.5) is 4.39 Å². The Morgan fingerprint density at radius 1 is 1.06 bits per heavy atom. The van der Waals surface area contributed by atoms with Crippen LogP contribution in [-0.2, 0) is 6.54 Å². The number of aromatic nitrogens is 6. The molecule has 8 heteroatoms. The first-order valence-corrected chi connectivity index (χ1v) is 10.9. The summed E-state index contributed by atoms with van der Waals surface area (Å²) in [5.41, 5.74) is 4.77. The summed E-state index contributed by atoms with van der Waals surface area (Å²) >= 11 is 0. The van der Waals surface area contributed by atoms with Crippen molar-refractivity contribution in [3.8, 4) is 22.6 Å². The van der Waals surface area contributed by atoms with Gasteiger partial charge in [-0.2, -0.15) is 5.10 Å².